The van der Waals surface area contributed by atoms with Crippen molar-refractivity contribution in [2.24, 2.45) is 17.7 Å². The Bertz CT molecular complexity index is 182. The number of hydrogen-bond donors (Lipinski definition) is 2. The SMILES string of the molecule is CC(C)CN(CC(C)C)C(C)C(=O)NN. The molecule has 0 spiro atoms. The fraction of sp³-hybridized carbons (Fsp3) is 0.909. The van der Waals surface area contributed by atoms with Crippen molar-refractivity contribution >= 4 is 5.91 Å². The number of amides is 1. The third-order valence-electron chi connectivity index (χ3n) is 2.27. The maximum absolute atomic E-state index is 11.4. The highest BCUT2D eigenvalue weighted by Gasteiger charge is 2.21. The van der Waals surface area contributed by atoms with Crippen molar-refractivity contribution < 1.29 is 4.79 Å². The molecule has 0 bridgehead atoms. The first-order chi connectivity index (χ1) is 6.88. The number of rotatable bonds is 6. The normalized spacial score (nSPS) is 13.7. The van der Waals surface area contributed by atoms with Gasteiger partial charge in [0.25, 0.3) is 5.91 Å². The van der Waals surface area contributed by atoms with Crippen LogP contribution in [0.25, 0.3) is 0 Å². The van der Waals surface area contributed by atoms with Crippen LogP contribution in [0.1, 0.15) is 34.6 Å². The minimum Gasteiger partial charge on any atom is -0.293 e. The van der Waals surface area contributed by atoms with Crippen LogP contribution in [0.15, 0.2) is 0 Å². The highest BCUT2D eigenvalue weighted by molar-refractivity contribution is 5.80. The molecule has 0 heterocycles. The van der Waals surface area contributed by atoms with Gasteiger partial charge in [0.1, 0.15) is 0 Å². The molecule has 0 aromatic carbocycles. The molecule has 0 saturated heterocycles. The topological polar surface area (TPSA) is 58.4 Å². The van der Waals surface area contributed by atoms with E-state index in [4.69, 9.17) is 5.84 Å². The zero-order chi connectivity index (χ0) is 12.0. The van der Waals surface area contributed by atoms with Crippen molar-refractivity contribution in [1.82, 2.24) is 10.3 Å². The van der Waals surface area contributed by atoms with Gasteiger partial charge in [0.05, 0.1) is 6.04 Å². The van der Waals surface area contributed by atoms with Gasteiger partial charge in [-0.2, -0.15) is 0 Å². The molecule has 15 heavy (non-hydrogen) atoms. The van der Waals surface area contributed by atoms with E-state index in [-0.39, 0.29) is 11.9 Å². The van der Waals surface area contributed by atoms with Gasteiger partial charge in [0.15, 0.2) is 0 Å². The lowest BCUT2D eigenvalue weighted by molar-refractivity contribution is -0.126. The monoisotopic (exact) mass is 215 g/mol. The summed E-state index contributed by atoms with van der Waals surface area (Å²) in [4.78, 5) is 13.6. The van der Waals surface area contributed by atoms with Crippen LogP contribution < -0.4 is 11.3 Å². The maximum atomic E-state index is 11.4. The summed E-state index contributed by atoms with van der Waals surface area (Å²) in [6, 6.07) is -0.153. The van der Waals surface area contributed by atoms with Gasteiger partial charge in [-0.25, -0.2) is 5.84 Å². The molecule has 0 rings (SSSR count). The molecule has 90 valence electrons. The largest absolute Gasteiger partial charge is 0.293 e. The number of hydrazine groups is 1. The summed E-state index contributed by atoms with van der Waals surface area (Å²) in [6.45, 7) is 12.4. The third kappa shape index (κ3) is 5.74. The average Bonchev–Trinajstić information content (AvgIpc) is 2.13. The van der Waals surface area contributed by atoms with Crippen LogP contribution in [0.2, 0.25) is 0 Å². The molecule has 0 saturated carbocycles. The molecule has 1 unspecified atom stereocenters. The molecule has 4 nitrogen and oxygen atoms in total. The van der Waals surface area contributed by atoms with Gasteiger partial charge in [-0.05, 0) is 18.8 Å². The van der Waals surface area contributed by atoms with Crippen molar-refractivity contribution in [2.45, 2.75) is 40.7 Å². The van der Waals surface area contributed by atoms with E-state index in [2.05, 4.69) is 38.0 Å². The highest BCUT2D eigenvalue weighted by Crippen LogP contribution is 2.08. The smallest absolute Gasteiger partial charge is 0.250 e. The first-order valence-corrected chi connectivity index (χ1v) is 5.63. The molecule has 4 heteroatoms. The summed E-state index contributed by atoms with van der Waals surface area (Å²) in [7, 11) is 0. The Hall–Kier alpha value is -0.610. The Kier molecular flexibility index (Phi) is 6.52. The Balaban J connectivity index is 4.39. The molecule has 0 aliphatic heterocycles. The van der Waals surface area contributed by atoms with E-state index >= 15 is 0 Å². The van der Waals surface area contributed by atoms with Crippen molar-refractivity contribution in [1.29, 1.82) is 0 Å². The molecule has 0 aliphatic rings. The van der Waals surface area contributed by atoms with Crippen LogP contribution in [0.4, 0.5) is 0 Å². The zero-order valence-corrected chi connectivity index (χ0v) is 10.6. The standard InChI is InChI=1S/C11H25N3O/c1-8(2)6-14(7-9(3)4)10(5)11(15)13-12/h8-10H,6-7,12H2,1-5H3,(H,13,15). The minimum atomic E-state index is -0.153. The predicted octanol–water partition coefficient (Wildman–Crippen LogP) is 0.979. The lowest BCUT2D eigenvalue weighted by Crippen LogP contribution is -2.49. The van der Waals surface area contributed by atoms with Crippen LogP contribution in [-0.2, 0) is 4.79 Å². The Labute approximate surface area is 93.2 Å². The van der Waals surface area contributed by atoms with Crippen LogP contribution in [-0.4, -0.2) is 29.9 Å². The fourth-order valence-electron chi connectivity index (χ4n) is 1.62. The van der Waals surface area contributed by atoms with Crippen LogP contribution in [0, 0.1) is 11.8 Å². The quantitative estimate of drug-likeness (QED) is 0.394. The summed E-state index contributed by atoms with van der Waals surface area (Å²) in [5.74, 6) is 6.14. The predicted molar refractivity (Wildman–Crippen MR) is 63.0 cm³/mol. The summed E-state index contributed by atoms with van der Waals surface area (Å²) in [6.07, 6.45) is 0. The van der Waals surface area contributed by atoms with Crippen molar-refractivity contribution in [2.75, 3.05) is 13.1 Å². The molecule has 1 atom stereocenters. The number of nitrogens with two attached hydrogens (primary N) is 1. The first-order valence-electron chi connectivity index (χ1n) is 5.63. The first kappa shape index (κ1) is 14.4. The third-order valence-corrected chi connectivity index (χ3v) is 2.27. The molecular weight excluding hydrogens is 190 g/mol. The van der Waals surface area contributed by atoms with Crippen LogP contribution in [0.3, 0.4) is 0 Å². The molecule has 0 radical (unpaired) electrons. The van der Waals surface area contributed by atoms with E-state index in [1.54, 1.807) is 0 Å². The summed E-state index contributed by atoms with van der Waals surface area (Å²) < 4.78 is 0. The second-order valence-electron chi connectivity index (χ2n) is 4.93. The summed E-state index contributed by atoms with van der Waals surface area (Å²) in [5.41, 5.74) is 2.21. The Morgan fingerprint density at radius 3 is 1.80 bits per heavy atom. The number of carbonyl (C=O) groups excluding carboxylic acids is 1. The summed E-state index contributed by atoms with van der Waals surface area (Å²) >= 11 is 0. The molecule has 0 fully saturated rings. The van der Waals surface area contributed by atoms with Crippen molar-refractivity contribution in [3.05, 3.63) is 0 Å². The van der Waals surface area contributed by atoms with Crippen molar-refractivity contribution in [3.63, 3.8) is 0 Å². The van der Waals surface area contributed by atoms with Crippen molar-refractivity contribution in [3.8, 4) is 0 Å². The molecule has 1 amide bonds. The molecule has 0 aromatic rings. The van der Waals surface area contributed by atoms with Gasteiger partial charge < -0.3 is 0 Å². The Morgan fingerprint density at radius 2 is 1.53 bits per heavy atom. The number of carbonyl (C=O) groups is 1. The van der Waals surface area contributed by atoms with E-state index in [1.807, 2.05) is 6.92 Å². The van der Waals surface area contributed by atoms with E-state index in [9.17, 15) is 4.79 Å². The van der Waals surface area contributed by atoms with Gasteiger partial charge >= 0.3 is 0 Å². The minimum absolute atomic E-state index is 0.115. The van der Waals surface area contributed by atoms with E-state index in [0.717, 1.165) is 13.1 Å². The van der Waals surface area contributed by atoms with Crippen LogP contribution in [0.5, 0.6) is 0 Å². The average molecular weight is 215 g/mol. The highest BCUT2D eigenvalue weighted by atomic mass is 16.2. The molecule has 3 N–H and O–H groups in total. The lowest BCUT2D eigenvalue weighted by atomic mass is 10.1. The van der Waals surface area contributed by atoms with E-state index in [0.29, 0.717) is 11.8 Å². The van der Waals surface area contributed by atoms with Gasteiger partial charge in [-0.3, -0.25) is 15.1 Å². The maximum Gasteiger partial charge on any atom is 0.250 e. The fourth-order valence-corrected chi connectivity index (χ4v) is 1.62. The zero-order valence-electron chi connectivity index (χ0n) is 10.6. The molecule has 0 aliphatic carbocycles. The van der Waals surface area contributed by atoms with Gasteiger partial charge in [-0.15, -0.1) is 0 Å². The summed E-state index contributed by atoms with van der Waals surface area (Å²) in [5, 5.41) is 0. The van der Waals surface area contributed by atoms with E-state index in [1.165, 1.54) is 0 Å². The van der Waals surface area contributed by atoms with Gasteiger partial charge in [0.2, 0.25) is 0 Å². The second kappa shape index (κ2) is 6.80. The molecule has 0 aromatic heterocycles. The number of nitrogens with one attached hydrogen (secondary N) is 1. The lowest BCUT2D eigenvalue weighted by Gasteiger charge is -2.30. The molecular formula is C11H25N3O. The second-order valence-corrected chi connectivity index (χ2v) is 4.93. The van der Waals surface area contributed by atoms with Gasteiger partial charge in [0, 0.05) is 13.1 Å². The number of hydrogen-bond acceptors (Lipinski definition) is 3. The van der Waals surface area contributed by atoms with Gasteiger partial charge in [-0.1, -0.05) is 27.7 Å². The van der Waals surface area contributed by atoms with Crippen LogP contribution >= 0.6 is 0 Å². The Morgan fingerprint density at radius 1 is 1.13 bits per heavy atom. The van der Waals surface area contributed by atoms with E-state index < -0.39 is 0 Å². The number of nitrogens with zero attached hydrogens (tertiary/aromatic N) is 1.